The van der Waals surface area contributed by atoms with Crippen LogP contribution in [0, 0.1) is 0 Å². The van der Waals surface area contributed by atoms with Crippen LogP contribution in [-0.2, 0) is 20.9 Å². The molecule has 1 saturated carbocycles. The Morgan fingerprint density at radius 3 is 2.80 bits per heavy atom. The first kappa shape index (κ1) is 16.6. The molecule has 4 rings (SSSR count). The standard InChI is InChI=1S/C20H25NO4/c1-23-19(22)8-6-15-5-7-18-16(13-15)14-24-20(25-18)9-11-21(12-10-20)17-3-2-4-17/h5-8,13,17H,2-4,9-12,14H2,1H3/b8-6+. The normalized spacial score (nSPS) is 23.1. The minimum absolute atomic E-state index is 0.359. The van der Waals surface area contributed by atoms with Crippen LogP contribution in [0.5, 0.6) is 5.75 Å². The number of likely N-dealkylation sites (tertiary alicyclic amines) is 1. The SMILES string of the molecule is COC(=O)/C=C/c1ccc2c(c1)COC1(CCN(C3CCC3)CC1)O2. The van der Waals surface area contributed by atoms with E-state index in [9.17, 15) is 4.79 Å². The van der Waals surface area contributed by atoms with Crippen molar-refractivity contribution in [1.82, 2.24) is 4.90 Å². The van der Waals surface area contributed by atoms with E-state index >= 15 is 0 Å². The lowest BCUT2D eigenvalue weighted by molar-refractivity contribution is -0.231. The Bertz CT molecular complexity index is 672. The maximum Gasteiger partial charge on any atom is 0.330 e. The number of rotatable bonds is 3. The summed E-state index contributed by atoms with van der Waals surface area (Å²) in [5.74, 6) is 0.0809. The summed E-state index contributed by atoms with van der Waals surface area (Å²) in [7, 11) is 1.37. The van der Waals surface area contributed by atoms with Gasteiger partial charge in [-0.3, -0.25) is 4.90 Å². The molecular formula is C20H25NO4. The van der Waals surface area contributed by atoms with Crippen LogP contribution in [0.3, 0.4) is 0 Å². The summed E-state index contributed by atoms with van der Waals surface area (Å²) in [5, 5.41) is 0. The number of ether oxygens (including phenoxy) is 3. The van der Waals surface area contributed by atoms with E-state index in [-0.39, 0.29) is 5.97 Å². The molecule has 25 heavy (non-hydrogen) atoms. The molecule has 1 spiro atoms. The number of hydrogen-bond donors (Lipinski definition) is 0. The Hall–Kier alpha value is -1.85. The van der Waals surface area contributed by atoms with Crippen molar-refractivity contribution in [3.63, 3.8) is 0 Å². The van der Waals surface area contributed by atoms with Gasteiger partial charge in [-0.15, -0.1) is 0 Å². The van der Waals surface area contributed by atoms with Crippen molar-refractivity contribution in [2.75, 3.05) is 20.2 Å². The maximum atomic E-state index is 11.2. The predicted molar refractivity (Wildman–Crippen MR) is 94.1 cm³/mol. The fourth-order valence-electron chi connectivity index (χ4n) is 3.81. The van der Waals surface area contributed by atoms with Gasteiger partial charge in [-0.1, -0.05) is 12.5 Å². The second kappa shape index (κ2) is 6.81. The molecule has 2 heterocycles. The molecule has 2 fully saturated rings. The van der Waals surface area contributed by atoms with Gasteiger partial charge in [0.15, 0.2) is 0 Å². The Balaban J connectivity index is 1.41. The number of carbonyl (C=O) groups excluding carboxylic acids is 1. The lowest BCUT2D eigenvalue weighted by atomic mass is 9.89. The van der Waals surface area contributed by atoms with Gasteiger partial charge in [0.1, 0.15) is 5.75 Å². The molecule has 5 nitrogen and oxygen atoms in total. The summed E-state index contributed by atoms with van der Waals surface area (Å²) >= 11 is 0. The lowest BCUT2D eigenvalue weighted by Gasteiger charge is -2.47. The molecule has 0 amide bonds. The number of hydrogen-bond acceptors (Lipinski definition) is 5. The molecule has 0 atom stereocenters. The van der Waals surface area contributed by atoms with Crippen molar-refractivity contribution >= 4 is 12.0 Å². The monoisotopic (exact) mass is 343 g/mol. The van der Waals surface area contributed by atoms with Crippen LogP contribution in [0.25, 0.3) is 6.08 Å². The Kier molecular flexibility index (Phi) is 4.52. The Labute approximate surface area is 148 Å². The van der Waals surface area contributed by atoms with E-state index in [1.165, 1.54) is 32.4 Å². The third-order valence-electron chi connectivity index (χ3n) is 5.64. The summed E-state index contributed by atoms with van der Waals surface area (Å²) in [6, 6.07) is 6.73. The van der Waals surface area contributed by atoms with Crippen LogP contribution in [-0.4, -0.2) is 42.9 Å². The number of carbonyl (C=O) groups is 1. The molecule has 0 unspecified atom stereocenters. The minimum atomic E-state index is -0.462. The molecule has 0 radical (unpaired) electrons. The number of methoxy groups -OCH3 is 1. The quantitative estimate of drug-likeness (QED) is 0.623. The molecule has 0 N–H and O–H groups in total. The fourth-order valence-corrected chi connectivity index (χ4v) is 3.81. The average molecular weight is 343 g/mol. The third-order valence-corrected chi connectivity index (χ3v) is 5.64. The first-order valence-electron chi connectivity index (χ1n) is 9.13. The first-order chi connectivity index (χ1) is 12.2. The Morgan fingerprint density at radius 2 is 2.12 bits per heavy atom. The van der Waals surface area contributed by atoms with Crippen molar-refractivity contribution in [2.45, 2.75) is 50.5 Å². The molecule has 1 aromatic rings. The third kappa shape index (κ3) is 3.44. The minimum Gasteiger partial charge on any atom is -0.466 e. The second-order valence-electron chi connectivity index (χ2n) is 7.15. The zero-order chi connectivity index (χ0) is 17.3. The first-order valence-corrected chi connectivity index (χ1v) is 9.13. The fraction of sp³-hybridized carbons (Fsp3) is 0.550. The maximum absolute atomic E-state index is 11.2. The number of piperidine rings is 1. The summed E-state index contributed by atoms with van der Waals surface area (Å²) in [6.45, 7) is 2.67. The van der Waals surface area contributed by atoms with Gasteiger partial charge >= 0.3 is 5.97 Å². The summed E-state index contributed by atoms with van der Waals surface area (Å²) < 4.78 is 17.0. The molecule has 3 aliphatic rings. The van der Waals surface area contributed by atoms with Crippen LogP contribution < -0.4 is 4.74 Å². The van der Waals surface area contributed by atoms with Crippen molar-refractivity contribution in [3.8, 4) is 5.75 Å². The van der Waals surface area contributed by atoms with E-state index < -0.39 is 5.79 Å². The van der Waals surface area contributed by atoms with E-state index in [4.69, 9.17) is 9.47 Å². The van der Waals surface area contributed by atoms with E-state index in [1.807, 2.05) is 18.2 Å². The smallest absolute Gasteiger partial charge is 0.330 e. The van der Waals surface area contributed by atoms with E-state index in [0.717, 1.165) is 48.8 Å². The highest BCUT2D eigenvalue weighted by atomic mass is 16.7. The number of esters is 1. The highest BCUT2D eigenvalue weighted by Crippen LogP contribution is 2.39. The van der Waals surface area contributed by atoms with Gasteiger partial charge in [-0.25, -0.2) is 4.79 Å². The van der Waals surface area contributed by atoms with Crippen molar-refractivity contribution in [1.29, 1.82) is 0 Å². The summed E-state index contributed by atoms with van der Waals surface area (Å²) in [4.78, 5) is 13.8. The number of nitrogens with zero attached hydrogens (tertiary/aromatic N) is 1. The molecule has 134 valence electrons. The molecule has 0 aromatic heterocycles. The van der Waals surface area contributed by atoms with E-state index in [2.05, 4.69) is 9.64 Å². The van der Waals surface area contributed by atoms with Gasteiger partial charge in [0, 0.05) is 43.6 Å². The van der Waals surface area contributed by atoms with Gasteiger partial charge in [0.05, 0.1) is 13.7 Å². The van der Waals surface area contributed by atoms with Crippen molar-refractivity contribution in [2.24, 2.45) is 0 Å². The van der Waals surface area contributed by atoms with Gasteiger partial charge in [0.2, 0.25) is 5.79 Å². The zero-order valence-electron chi connectivity index (χ0n) is 14.7. The van der Waals surface area contributed by atoms with Crippen LogP contribution in [0.1, 0.15) is 43.2 Å². The van der Waals surface area contributed by atoms with Crippen LogP contribution in [0.15, 0.2) is 24.3 Å². The molecule has 1 aliphatic carbocycles. The molecule has 1 saturated heterocycles. The highest BCUT2D eigenvalue weighted by Gasteiger charge is 2.42. The average Bonchev–Trinajstić information content (AvgIpc) is 2.60. The summed E-state index contributed by atoms with van der Waals surface area (Å²) in [5.41, 5.74) is 1.96. The van der Waals surface area contributed by atoms with E-state index in [1.54, 1.807) is 6.08 Å². The van der Waals surface area contributed by atoms with Gasteiger partial charge in [0.25, 0.3) is 0 Å². The molecule has 2 aliphatic heterocycles. The molecular weight excluding hydrogens is 318 g/mol. The largest absolute Gasteiger partial charge is 0.466 e. The van der Waals surface area contributed by atoms with E-state index in [0.29, 0.717) is 6.61 Å². The van der Waals surface area contributed by atoms with Crippen molar-refractivity contribution < 1.29 is 19.0 Å². The number of benzene rings is 1. The summed E-state index contributed by atoms with van der Waals surface area (Å²) in [6.07, 6.45) is 9.08. The van der Waals surface area contributed by atoms with Crippen molar-refractivity contribution in [3.05, 3.63) is 35.4 Å². The highest BCUT2D eigenvalue weighted by molar-refractivity contribution is 5.87. The van der Waals surface area contributed by atoms with Gasteiger partial charge < -0.3 is 14.2 Å². The molecule has 0 bridgehead atoms. The topological polar surface area (TPSA) is 48.0 Å². The molecule has 1 aromatic carbocycles. The van der Waals surface area contributed by atoms with Gasteiger partial charge in [-0.05, 0) is 36.6 Å². The Morgan fingerprint density at radius 1 is 1.32 bits per heavy atom. The second-order valence-corrected chi connectivity index (χ2v) is 7.15. The van der Waals surface area contributed by atoms with Gasteiger partial charge in [-0.2, -0.15) is 0 Å². The predicted octanol–water partition coefficient (Wildman–Crippen LogP) is 3.13. The van der Waals surface area contributed by atoms with Crippen LogP contribution >= 0.6 is 0 Å². The lowest BCUT2D eigenvalue weighted by Crippen LogP contribution is -2.54. The number of fused-ring (bicyclic) bond motifs is 1. The van der Waals surface area contributed by atoms with Crippen LogP contribution in [0.2, 0.25) is 0 Å². The molecule has 5 heteroatoms. The van der Waals surface area contributed by atoms with Crippen LogP contribution in [0.4, 0.5) is 0 Å². The zero-order valence-corrected chi connectivity index (χ0v) is 14.7.